The molecular weight excluding hydrogens is 292 g/mol. The number of carboxylic acids is 2. The zero-order valence-electron chi connectivity index (χ0n) is 10.7. The van der Waals surface area contributed by atoms with Crippen molar-refractivity contribution in [1.29, 1.82) is 0 Å². The van der Waals surface area contributed by atoms with Crippen LogP contribution in [0, 0.1) is 0 Å². The van der Waals surface area contributed by atoms with Crippen LogP contribution in [0.3, 0.4) is 0 Å². The summed E-state index contributed by atoms with van der Waals surface area (Å²) < 4.78 is 4.44. The van der Waals surface area contributed by atoms with Crippen molar-refractivity contribution in [2.45, 2.75) is 17.7 Å². The van der Waals surface area contributed by atoms with E-state index in [1.54, 1.807) is 0 Å². The number of carboxylic acid groups (broad SMARTS) is 2. The predicted molar refractivity (Wildman–Crippen MR) is 69.1 cm³/mol. The average molecular weight is 308 g/mol. The number of thioether (sulfide) groups is 1. The van der Waals surface area contributed by atoms with Gasteiger partial charge in [-0.1, -0.05) is 0 Å². The van der Waals surface area contributed by atoms with E-state index in [4.69, 9.17) is 15.9 Å². The Morgan fingerprint density at radius 2 is 1.85 bits per heavy atom. The normalized spacial score (nSPS) is 13.1. The Kier molecular flexibility index (Phi) is 8.32. The van der Waals surface area contributed by atoms with E-state index >= 15 is 0 Å². The van der Waals surface area contributed by atoms with Crippen LogP contribution in [0.5, 0.6) is 0 Å². The molecule has 0 aliphatic rings. The van der Waals surface area contributed by atoms with Gasteiger partial charge >= 0.3 is 17.9 Å². The summed E-state index contributed by atoms with van der Waals surface area (Å²) in [6, 6.07) is -1.06. The summed E-state index contributed by atoms with van der Waals surface area (Å²) in [4.78, 5) is 43.5. The highest BCUT2D eigenvalue weighted by Crippen LogP contribution is 2.17. The number of rotatable bonds is 9. The van der Waals surface area contributed by atoms with E-state index in [9.17, 15) is 19.2 Å². The van der Waals surface area contributed by atoms with Gasteiger partial charge in [-0.15, -0.1) is 11.8 Å². The Labute approximate surface area is 118 Å². The van der Waals surface area contributed by atoms with Gasteiger partial charge in [0.2, 0.25) is 5.91 Å². The van der Waals surface area contributed by atoms with Gasteiger partial charge in [-0.05, 0) is 0 Å². The van der Waals surface area contributed by atoms with Crippen molar-refractivity contribution in [3.05, 3.63) is 0 Å². The van der Waals surface area contributed by atoms with Crippen LogP contribution in [0.4, 0.5) is 0 Å². The molecule has 20 heavy (non-hydrogen) atoms. The fourth-order valence-electron chi connectivity index (χ4n) is 1.09. The molecule has 0 spiro atoms. The quantitative estimate of drug-likeness (QED) is 0.363. The standard InChI is InChI=1S/C10H16N2O7S/c1-19-10(18)6(2-7(13)14)20-4-5(11)9(17)12-3-8(15)16/h5-6H,2-4,11H2,1H3,(H,12,17)(H,13,14)(H,15,16)/t5-,6?/m0/s1. The summed E-state index contributed by atoms with van der Waals surface area (Å²) in [6.45, 7) is -0.563. The number of aliphatic carboxylic acids is 2. The summed E-state index contributed by atoms with van der Waals surface area (Å²) in [6.07, 6.45) is -0.458. The average Bonchev–Trinajstić information content (AvgIpc) is 2.38. The lowest BCUT2D eigenvalue weighted by Crippen LogP contribution is -2.44. The number of esters is 1. The molecule has 0 rings (SSSR count). The molecule has 0 aliphatic carbocycles. The SMILES string of the molecule is COC(=O)C(CC(=O)O)SC[C@H](N)C(=O)NCC(=O)O. The van der Waals surface area contributed by atoms with Gasteiger partial charge in [-0.25, -0.2) is 0 Å². The van der Waals surface area contributed by atoms with Crippen molar-refractivity contribution in [3.8, 4) is 0 Å². The van der Waals surface area contributed by atoms with Gasteiger partial charge in [0.15, 0.2) is 0 Å². The van der Waals surface area contributed by atoms with Crippen LogP contribution in [0.15, 0.2) is 0 Å². The largest absolute Gasteiger partial charge is 0.481 e. The summed E-state index contributed by atoms with van der Waals surface area (Å²) in [7, 11) is 1.12. The topological polar surface area (TPSA) is 156 Å². The summed E-state index contributed by atoms with van der Waals surface area (Å²) in [5.41, 5.74) is 5.50. The summed E-state index contributed by atoms with van der Waals surface area (Å²) in [5.74, 6) is -3.86. The Hall–Kier alpha value is -1.81. The van der Waals surface area contributed by atoms with E-state index < -0.39 is 48.1 Å². The molecule has 0 fully saturated rings. The van der Waals surface area contributed by atoms with Gasteiger partial charge in [0.05, 0.1) is 19.6 Å². The van der Waals surface area contributed by atoms with Crippen LogP contribution in [-0.2, 0) is 23.9 Å². The second kappa shape index (κ2) is 9.15. The first-order valence-corrected chi connectivity index (χ1v) is 6.49. The molecule has 0 aliphatic heterocycles. The molecule has 0 bridgehead atoms. The highest BCUT2D eigenvalue weighted by molar-refractivity contribution is 8.00. The maximum atomic E-state index is 11.4. The van der Waals surface area contributed by atoms with Crippen LogP contribution in [0.25, 0.3) is 0 Å². The number of carbonyl (C=O) groups is 4. The molecule has 9 nitrogen and oxygen atoms in total. The monoisotopic (exact) mass is 308 g/mol. The van der Waals surface area contributed by atoms with Crippen LogP contribution in [-0.4, -0.2) is 64.7 Å². The van der Waals surface area contributed by atoms with E-state index in [0.717, 1.165) is 18.9 Å². The Morgan fingerprint density at radius 3 is 2.30 bits per heavy atom. The zero-order valence-corrected chi connectivity index (χ0v) is 11.5. The van der Waals surface area contributed by atoms with E-state index in [1.807, 2.05) is 0 Å². The third-order valence-electron chi connectivity index (χ3n) is 2.05. The number of methoxy groups -OCH3 is 1. The van der Waals surface area contributed by atoms with Gasteiger partial charge < -0.3 is 26.0 Å². The second-order valence-electron chi connectivity index (χ2n) is 3.66. The third-order valence-corrected chi connectivity index (χ3v) is 3.36. The maximum Gasteiger partial charge on any atom is 0.322 e. The first-order valence-electron chi connectivity index (χ1n) is 5.44. The van der Waals surface area contributed by atoms with E-state index in [0.29, 0.717) is 0 Å². The molecule has 0 radical (unpaired) electrons. The van der Waals surface area contributed by atoms with E-state index in [-0.39, 0.29) is 5.75 Å². The fourth-order valence-corrected chi connectivity index (χ4v) is 2.17. The molecule has 114 valence electrons. The number of nitrogens with one attached hydrogen (secondary N) is 1. The molecule has 0 heterocycles. The molecule has 2 atom stereocenters. The molecule has 0 saturated heterocycles. The molecule has 1 unspecified atom stereocenters. The number of hydrogen-bond donors (Lipinski definition) is 4. The smallest absolute Gasteiger partial charge is 0.322 e. The Bertz CT molecular complexity index is 388. The van der Waals surface area contributed by atoms with Crippen molar-refractivity contribution in [2.75, 3.05) is 19.4 Å². The van der Waals surface area contributed by atoms with Crippen LogP contribution in [0.1, 0.15) is 6.42 Å². The Morgan fingerprint density at radius 1 is 1.25 bits per heavy atom. The highest BCUT2D eigenvalue weighted by Gasteiger charge is 2.25. The van der Waals surface area contributed by atoms with Crippen molar-refractivity contribution in [3.63, 3.8) is 0 Å². The van der Waals surface area contributed by atoms with Crippen molar-refractivity contribution in [1.82, 2.24) is 5.32 Å². The minimum atomic E-state index is -1.21. The number of carbonyl (C=O) groups excluding carboxylic acids is 2. The summed E-state index contributed by atoms with van der Waals surface area (Å²) >= 11 is 0.865. The highest BCUT2D eigenvalue weighted by atomic mass is 32.2. The minimum Gasteiger partial charge on any atom is -0.481 e. The van der Waals surface area contributed by atoms with Crippen LogP contribution in [0.2, 0.25) is 0 Å². The number of ether oxygens (including phenoxy) is 1. The lowest BCUT2D eigenvalue weighted by Gasteiger charge is -2.15. The number of amides is 1. The molecule has 0 aromatic carbocycles. The molecular formula is C10H16N2O7S. The van der Waals surface area contributed by atoms with Crippen molar-refractivity contribution >= 4 is 35.6 Å². The molecule has 0 aromatic heterocycles. The van der Waals surface area contributed by atoms with Crippen molar-refractivity contribution < 1.29 is 34.1 Å². The third kappa shape index (κ3) is 7.59. The Balaban J connectivity index is 4.31. The number of hydrogen-bond acceptors (Lipinski definition) is 7. The van der Waals surface area contributed by atoms with Crippen molar-refractivity contribution in [2.24, 2.45) is 5.73 Å². The summed E-state index contributed by atoms with van der Waals surface area (Å²) in [5, 5.41) is 18.1. The molecule has 10 heteroatoms. The lowest BCUT2D eigenvalue weighted by atomic mass is 10.3. The van der Waals surface area contributed by atoms with Gasteiger partial charge in [0.25, 0.3) is 0 Å². The fraction of sp³-hybridized carbons (Fsp3) is 0.600. The first kappa shape index (κ1) is 18.2. The van der Waals surface area contributed by atoms with Crippen LogP contribution < -0.4 is 11.1 Å². The molecule has 1 amide bonds. The minimum absolute atomic E-state index is 0.0432. The van der Waals surface area contributed by atoms with E-state index in [2.05, 4.69) is 10.1 Å². The van der Waals surface area contributed by atoms with Gasteiger partial charge in [-0.3, -0.25) is 19.2 Å². The van der Waals surface area contributed by atoms with Gasteiger partial charge in [0.1, 0.15) is 11.8 Å². The van der Waals surface area contributed by atoms with Gasteiger partial charge in [-0.2, -0.15) is 0 Å². The van der Waals surface area contributed by atoms with E-state index in [1.165, 1.54) is 0 Å². The molecule has 5 N–H and O–H groups in total. The molecule has 0 aromatic rings. The first-order chi connectivity index (χ1) is 9.27. The zero-order chi connectivity index (χ0) is 15.7. The lowest BCUT2D eigenvalue weighted by molar-refractivity contribution is -0.144. The predicted octanol–water partition coefficient (Wildman–Crippen LogP) is -1.74. The van der Waals surface area contributed by atoms with Crippen LogP contribution >= 0.6 is 11.8 Å². The second-order valence-corrected chi connectivity index (χ2v) is 4.90. The van der Waals surface area contributed by atoms with Gasteiger partial charge in [0, 0.05) is 5.75 Å². The maximum absolute atomic E-state index is 11.4. The molecule has 0 saturated carbocycles. The number of nitrogens with two attached hydrogens (primary N) is 1.